The highest BCUT2D eigenvalue weighted by atomic mass is 32.2. The van der Waals surface area contributed by atoms with Gasteiger partial charge in [0.1, 0.15) is 0 Å². The molecule has 0 saturated carbocycles. The van der Waals surface area contributed by atoms with E-state index in [1.165, 1.54) is 26.4 Å². The highest BCUT2D eigenvalue weighted by molar-refractivity contribution is 7.98. The normalized spacial score (nSPS) is 15.2. The molecule has 0 atom stereocenters. The molecule has 3 nitrogen and oxygen atoms in total. The Morgan fingerprint density at radius 2 is 1.72 bits per heavy atom. The van der Waals surface area contributed by atoms with Gasteiger partial charge in [0.15, 0.2) is 5.13 Å². The van der Waals surface area contributed by atoms with E-state index in [1.54, 1.807) is 11.8 Å². The molecule has 0 radical (unpaired) electrons. The lowest BCUT2D eigenvalue weighted by molar-refractivity contribution is 0.651. The van der Waals surface area contributed by atoms with Crippen molar-refractivity contribution in [2.45, 2.75) is 18.7 Å². The third-order valence-corrected chi connectivity index (χ3v) is 6.64. The Morgan fingerprint density at radius 3 is 2.48 bits per heavy atom. The second-order valence-corrected chi connectivity index (χ2v) is 8.48. The van der Waals surface area contributed by atoms with Crippen LogP contribution in [0.15, 0.2) is 41.3 Å². The van der Waals surface area contributed by atoms with Gasteiger partial charge in [0.25, 0.3) is 0 Å². The fraction of sp³-hybridized carbons (Fsp3) is 0.350. The predicted molar refractivity (Wildman–Crippen MR) is 112 cm³/mol. The number of thioether (sulfide) groups is 1. The van der Waals surface area contributed by atoms with Crippen LogP contribution in [0.2, 0.25) is 0 Å². The monoisotopic (exact) mass is 369 g/mol. The first kappa shape index (κ1) is 16.7. The summed E-state index contributed by atoms with van der Waals surface area (Å²) in [6.07, 6.45) is 2.12. The number of anilines is 2. The molecule has 1 saturated heterocycles. The van der Waals surface area contributed by atoms with Gasteiger partial charge in [0.2, 0.25) is 0 Å². The molecular weight excluding hydrogens is 346 g/mol. The summed E-state index contributed by atoms with van der Waals surface area (Å²) in [4.78, 5) is 11.1. The van der Waals surface area contributed by atoms with Crippen LogP contribution in [0.1, 0.15) is 11.1 Å². The first-order valence-electron chi connectivity index (χ1n) is 8.66. The van der Waals surface area contributed by atoms with E-state index >= 15 is 0 Å². The number of hydrogen-bond acceptors (Lipinski definition) is 5. The van der Waals surface area contributed by atoms with Crippen molar-refractivity contribution in [2.24, 2.45) is 0 Å². The second kappa shape index (κ2) is 6.89. The zero-order chi connectivity index (χ0) is 17.4. The van der Waals surface area contributed by atoms with Gasteiger partial charge >= 0.3 is 0 Å². The summed E-state index contributed by atoms with van der Waals surface area (Å²) < 4.78 is 1.29. The summed E-state index contributed by atoms with van der Waals surface area (Å²) in [5.41, 5.74) is 5.20. The van der Waals surface area contributed by atoms with Crippen molar-refractivity contribution in [1.29, 1.82) is 0 Å². The first-order valence-corrected chi connectivity index (χ1v) is 10.7. The minimum atomic E-state index is 1.03. The van der Waals surface area contributed by atoms with Crippen LogP contribution < -0.4 is 9.80 Å². The molecule has 1 aliphatic heterocycles. The molecule has 0 amide bonds. The number of piperazine rings is 1. The van der Waals surface area contributed by atoms with E-state index < -0.39 is 0 Å². The van der Waals surface area contributed by atoms with Crippen molar-refractivity contribution < 1.29 is 0 Å². The summed E-state index contributed by atoms with van der Waals surface area (Å²) in [5.74, 6) is 0. The number of fused-ring (bicyclic) bond motifs is 1. The van der Waals surface area contributed by atoms with Crippen molar-refractivity contribution in [3.05, 3.63) is 47.5 Å². The molecule has 4 rings (SSSR count). The average Bonchev–Trinajstić information content (AvgIpc) is 3.07. The standard InChI is InChI=1S/C20H23N3S2/c1-14-4-5-15(2)18(12-14)22-8-10-23(11-9-22)20-21-17-7-6-16(24-3)13-19(17)25-20/h4-7,12-13H,8-11H2,1-3H3. The Bertz CT molecular complexity index is 895. The van der Waals surface area contributed by atoms with Crippen LogP contribution in [-0.2, 0) is 0 Å². The molecule has 3 aromatic rings. The average molecular weight is 370 g/mol. The molecule has 0 aliphatic carbocycles. The van der Waals surface area contributed by atoms with Crippen molar-refractivity contribution in [2.75, 3.05) is 42.2 Å². The molecule has 0 N–H and O–H groups in total. The Kier molecular flexibility index (Phi) is 4.61. The molecule has 0 bridgehead atoms. The minimum Gasteiger partial charge on any atom is -0.368 e. The maximum atomic E-state index is 4.86. The van der Waals surface area contributed by atoms with Gasteiger partial charge in [-0.3, -0.25) is 0 Å². The maximum absolute atomic E-state index is 4.86. The van der Waals surface area contributed by atoms with E-state index in [-0.39, 0.29) is 0 Å². The summed E-state index contributed by atoms with van der Waals surface area (Å²) in [6, 6.07) is 13.3. The van der Waals surface area contributed by atoms with E-state index in [0.717, 1.165) is 36.8 Å². The lowest BCUT2D eigenvalue weighted by Gasteiger charge is -2.36. The Labute approximate surface area is 157 Å². The third-order valence-electron chi connectivity index (χ3n) is 4.84. The number of hydrogen-bond donors (Lipinski definition) is 0. The number of benzene rings is 2. The van der Waals surface area contributed by atoms with Crippen LogP contribution in [0, 0.1) is 13.8 Å². The molecule has 1 aliphatic rings. The van der Waals surface area contributed by atoms with Gasteiger partial charge in [0, 0.05) is 36.8 Å². The summed E-state index contributed by atoms with van der Waals surface area (Å²) in [7, 11) is 0. The van der Waals surface area contributed by atoms with E-state index in [1.807, 2.05) is 11.3 Å². The minimum absolute atomic E-state index is 1.03. The second-order valence-electron chi connectivity index (χ2n) is 6.59. The van der Waals surface area contributed by atoms with Gasteiger partial charge in [-0.1, -0.05) is 23.5 Å². The molecule has 130 valence electrons. The highest BCUT2D eigenvalue weighted by Gasteiger charge is 2.21. The van der Waals surface area contributed by atoms with Gasteiger partial charge in [-0.25, -0.2) is 4.98 Å². The number of nitrogens with zero attached hydrogens (tertiary/aromatic N) is 3. The van der Waals surface area contributed by atoms with Crippen LogP contribution in [0.4, 0.5) is 10.8 Å². The van der Waals surface area contributed by atoms with Crippen LogP contribution in [0.25, 0.3) is 10.2 Å². The number of rotatable bonds is 3. The van der Waals surface area contributed by atoms with Crippen LogP contribution in [-0.4, -0.2) is 37.4 Å². The maximum Gasteiger partial charge on any atom is 0.186 e. The third kappa shape index (κ3) is 3.35. The molecular formula is C20H23N3S2. The topological polar surface area (TPSA) is 19.4 Å². The largest absolute Gasteiger partial charge is 0.368 e. The molecule has 0 unspecified atom stereocenters. The lowest BCUT2D eigenvalue weighted by Crippen LogP contribution is -2.46. The number of thiazole rings is 1. The van der Waals surface area contributed by atoms with E-state index in [0.29, 0.717) is 0 Å². The zero-order valence-electron chi connectivity index (χ0n) is 15.0. The van der Waals surface area contributed by atoms with Crippen molar-refractivity contribution in [1.82, 2.24) is 4.98 Å². The summed E-state index contributed by atoms with van der Waals surface area (Å²) >= 11 is 3.61. The van der Waals surface area contributed by atoms with Gasteiger partial charge in [0.05, 0.1) is 10.2 Å². The summed E-state index contributed by atoms with van der Waals surface area (Å²) in [5, 5.41) is 1.16. The van der Waals surface area contributed by atoms with E-state index in [2.05, 4.69) is 66.3 Å². The smallest absolute Gasteiger partial charge is 0.186 e. The fourth-order valence-electron chi connectivity index (χ4n) is 3.35. The van der Waals surface area contributed by atoms with Crippen LogP contribution >= 0.6 is 23.1 Å². The molecule has 2 aromatic carbocycles. The molecule has 1 aromatic heterocycles. The van der Waals surface area contributed by atoms with Crippen molar-refractivity contribution >= 4 is 44.1 Å². The fourth-order valence-corrected chi connectivity index (χ4v) is 4.92. The predicted octanol–water partition coefficient (Wildman–Crippen LogP) is 4.96. The van der Waals surface area contributed by atoms with Crippen LogP contribution in [0.5, 0.6) is 0 Å². The molecule has 1 fully saturated rings. The molecule has 0 spiro atoms. The Hall–Kier alpha value is -1.72. The van der Waals surface area contributed by atoms with Gasteiger partial charge < -0.3 is 9.80 Å². The molecule has 5 heteroatoms. The number of aromatic nitrogens is 1. The summed E-state index contributed by atoms with van der Waals surface area (Å²) in [6.45, 7) is 8.54. The Balaban J connectivity index is 1.51. The molecule has 2 heterocycles. The van der Waals surface area contributed by atoms with Gasteiger partial charge in [-0.05, 0) is 55.5 Å². The quantitative estimate of drug-likeness (QED) is 0.607. The van der Waals surface area contributed by atoms with E-state index in [9.17, 15) is 0 Å². The number of aryl methyl sites for hydroxylation is 2. The van der Waals surface area contributed by atoms with Crippen LogP contribution in [0.3, 0.4) is 0 Å². The van der Waals surface area contributed by atoms with Crippen molar-refractivity contribution in [3.8, 4) is 0 Å². The Morgan fingerprint density at radius 1 is 0.960 bits per heavy atom. The van der Waals surface area contributed by atoms with E-state index in [4.69, 9.17) is 4.98 Å². The highest BCUT2D eigenvalue weighted by Crippen LogP contribution is 2.32. The first-order chi connectivity index (χ1) is 12.1. The molecule has 25 heavy (non-hydrogen) atoms. The lowest BCUT2D eigenvalue weighted by atomic mass is 10.1. The zero-order valence-corrected chi connectivity index (χ0v) is 16.6. The van der Waals surface area contributed by atoms with Crippen molar-refractivity contribution in [3.63, 3.8) is 0 Å². The van der Waals surface area contributed by atoms with Gasteiger partial charge in [-0.2, -0.15) is 0 Å². The van der Waals surface area contributed by atoms with Gasteiger partial charge in [-0.15, -0.1) is 11.8 Å². The SMILES string of the molecule is CSc1ccc2nc(N3CCN(c4cc(C)ccc4C)CC3)sc2c1.